The number of piperazine rings is 1. The molecule has 2 fully saturated rings. The van der Waals surface area contributed by atoms with Gasteiger partial charge in [-0.1, -0.05) is 19.4 Å². The van der Waals surface area contributed by atoms with E-state index in [1.807, 2.05) is 31.6 Å². The molecule has 2 aliphatic rings. The molecule has 2 N–H and O–H groups in total. The van der Waals surface area contributed by atoms with Crippen LogP contribution in [0.1, 0.15) is 38.2 Å². The topological polar surface area (TPSA) is 91.1 Å². The monoisotopic (exact) mass is 467 g/mol. The Morgan fingerprint density at radius 2 is 1.85 bits per heavy atom. The zero-order valence-corrected chi connectivity index (χ0v) is 20.4. The smallest absolute Gasteiger partial charge is 0.252 e. The lowest BCUT2D eigenvalue weighted by Gasteiger charge is -2.45. The van der Waals surface area contributed by atoms with E-state index >= 15 is 0 Å². The van der Waals surface area contributed by atoms with Crippen molar-refractivity contribution in [3.8, 4) is 0 Å². The summed E-state index contributed by atoms with van der Waals surface area (Å²) < 4.78 is 0. The zero-order chi connectivity index (χ0) is 24.0. The molecule has 0 unspecified atom stereocenters. The number of aryl methyl sites for hydroxylation is 1. The summed E-state index contributed by atoms with van der Waals surface area (Å²) in [6.45, 7) is 6.84. The van der Waals surface area contributed by atoms with Gasteiger partial charge in [-0.25, -0.2) is 9.99 Å². The molecule has 2 aliphatic heterocycles. The lowest BCUT2D eigenvalue weighted by molar-refractivity contribution is -0.321. The fourth-order valence-corrected chi connectivity index (χ4v) is 4.70. The third kappa shape index (κ3) is 5.65. The number of pyridine rings is 2. The number of hydroxylamine groups is 1. The second kappa shape index (κ2) is 11.1. The molecule has 4 heterocycles. The van der Waals surface area contributed by atoms with E-state index in [2.05, 4.69) is 43.8 Å². The molecule has 34 heavy (non-hydrogen) atoms. The van der Waals surface area contributed by atoms with E-state index in [4.69, 9.17) is 10.6 Å². The average Bonchev–Trinajstić information content (AvgIpc) is 2.88. The summed E-state index contributed by atoms with van der Waals surface area (Å²) in [5.41, 5.74) is 7.20. The number of hydrogen-bond donors (Lipinski definition) is 1. The van der Waals surface area contributed by atoms with Gasteiger partial charge in [-0.05, 0) is 36.6 Å². The molecule has 1 amide bonds. The minimum atomic E-state index is -1.000. The number of piperidine rings is 1. The largest absolute Gasteiger partial charge is 0.370 e. The molecule has 0 aromatic carbocycles. The summed E-state index contributed by atoms with van der Waals surface area (Å²) >= 11 is 0. The summed E-state index contributed by atoms with van der Waals surface area (Å²) in [6, 6.07) is 8.27. The summed E-state index contributed by atoms with van der Waals surface area (Å²) in [6.07, 6.45) is 10.2. The SMILES string of the molecule is CCCCc1ccc(N2CCN(N(C)OC3(C(N)=O)CCN(c4cccnc4)CC3)CC2)nc1. The van der Waals surface area contributed by atoms with Crippen molar-refractivity contribution in [2.45, 2.75) is 44.6 Å². The van der Waals surface area contributed by atoms with Crippen LogP contribution in [-0.4, -0.2) is 78.0 Å². The zero-order valence-electron chi connectivity index (χ0n) is 20.4. The van der Waals surface area contributed by atoms with E-state index in [9.17, 15) is 4.79 Å². The fraction of sp³-hybridized carbons (Fsp3) is 0.560. The Morgan fingerprint density at radius 1 is 1.09 bits per heavy atom. The van der Waals surface area contributed by atoms with Gasteiger partial charge in [-0.2, -0.15) is 0 Å². The number of nitrogens with zero attached hydrogens (tertiary/aromatic N) is 6. The summed E-state index contributed by atoms with van der Waals surface area (Å²) in [7, 11) is 1.87. The Hall–Kier alpha value is -2.75. The van der Waals surface area contributed by atoms with Gasteiger partial charge in [0, 0.05) is 71.6 Å². The second-order valence-electron chi connectivity index (χ2n) is 9.18. The number of unbranched alkanes of at least 4 members (excludes halogenated alkanes) is 1. The van der Waals surface area contributed by atoms with Crippen LogP contribution in [0, 0.1) is 0 Å². The normalized spacial score (nSPS) is 18.9. The van der Waals surface area contributed by atoms with Crippen LogP contribution in [0.25, 0.3) is 0 Å². The van der Waals surface area contributed by atoms with Gasteiger partial charge in [0.1, 0.15) is 5.82 Å². The van der Waals surface area contributed by atoms with Crippen molar-refractivity contribution in [1.82, 2.24) is 20.1 Å². The third-order valence-electron chi connectivity index (χ3n) is 6.94. The highest BCUT2D eigenvalue weighted by Crippen LogP contribution is 2.30. The number of primary amides is 1. The Bertz CT molecular complexity index is 909. The number of carbonyl (C=O) groups is 1. The van der Waals surface area contributed by atoms with Crippen LogP contribution >= 0.6 is 0 Å². The predicted molar refractivity (Wildman–Crippen MR) is 133 cm³/mol. The van der Waals surface area contributed by atoms with Crippen molar-refractivity contribution in [1.29, 1.82) is 0 Å². The van der Waals surface area contributed by atoms with E-state index in [-0.39, 0.29) is 0 Å². The minimum Gasteiger partial charge on any atom is -0.370 e. The van der Waals surface area contributed by atoms with Gasteiger partial charge in [0.15, 0.2) is 5.60 Å². The highest BCUT2D eigenvalue weighted by atomic mass is 16.7. The van der Waals surface area contributed by atoms with Gasteiger partial charge in [0.25, 0.3) is 5.91 Å². The average molecular weight is 468 g/mol. The molecular formula is C25H37N7O2. The highest BCUT2D eigenvalue weighted by molar-refractivity contribution is 5.83. The van der Waals surface area contributed by atoms with Crippen molar-refractivity contribution < 1.29 is 9.63 Å². The van der Waals surface area contributed by atoms with Crippen LogP contribution in [0.4, 0.5) is 11.5 Å². The van der Waals surface area contributed by atoms with Crippen molar-refractivity contribution in [3.05, 3.63) is 48.4 Å². The van der Waals surface area contributed by atoms with Crippen LogP contribution in [-0.2, 0) is 16.1 Å². The lowest BCUT2D eigenvalue weighted by atomic mass is 9.90. The van der Waals surface area contributed by atoms with Crippen LogP contribution in [0.3, 0.4) is 0 Å². The van der Waals surface area contributed by atoms with Crippen LogP contribution in [0.15, 0.2) is 42.9 Å². The van der Waals surface area contributed by atoms with Crippen molar-refractivity contribution in [2.75, 3.05) is 56.1 Å². The molecule has 9 heteroatoms. The molecule has 0 radical (unpaired) electrons. The first-order chi connectivity index (χ1) is 16.5. The number of amides is 1. The van der Waals surface area contributed by atoms with E-state index in [1.165, 1.54) is 18.4 Å². The summed E-state index contributed by atoms with van der Waals surface area (Å²) in [5.74, 6) is 0.607. The molecule has 0 atom stereocenters. The lowest BCUT2D eigenvalue weighted by Crippen LogP contribution is -2.60. The number of hydrazine groups is 1. The molecule has 2 aromatic rings. The minimum absolute atomic E-state index is 0.406. The molecule has 2 saturated heterocycles. The Balaban J connectivity index is 1.30. The van der Waals surface area contributed by atoms with Crippen molar-refractivity contribution >= 4 is 17.4 Å². The van der Waals surface area contributed by atoms with E-state index in [0.717, 1.165) is 44.1 Å². The number of hydrogen-bond acceptors (Lipinski definition) is 8. The van der Waals surface area contributed by atoms with Crippen LogP contribution in [0.5, 0.6) is 0 Å². The maximum Gasteiger partial charge on any atom is 0.252 e. The first-order valence-electron chi connectivity index (χ1n) is 12.3. The summed E-state index contributed by atoms with van der Waals surface area (Å²) in [5, 5.41) is 3.85. The first-order valence-corrected chi connectivity index (χ1v) is 12.3. The molecule has 0 saturated carbocycles. The highest BCUT2D eigenvalue weighted by Gasteiger charge is 2.44. The second-order valence-corrected chi connectivity index (χ2v) is 9.18. The van der Waals surface area contributed by atoms with Gasteiger partial charge in [0.2, 0.25) is 0 Å². The first kappa shape index (κ1) is 24.4. The molecular weight excluding hydrogens is 430 g/mol. The molecule has 2 aromatic heterocycles. The maximum atomic E-state index is 12.5. The van der Waals surface area contributed by atoms with E-state index < -0.39 is 11.5 Å². The third-order valence-corrected chi connectivity index (χ3v) is 6.94. The van der Waals surface area contributed by atoms with E-state index in [1.54, 1.807) is 11.4 Å². The van der Waals surface area contributed by atoms with Gasteiger partial charge in [-0.15, -0.1) is 5.17 Å². The quantitative estimate of drug-likeness (QED) is 0.562. The Kier molecular flexibility index (Phi) is 7.97. The molecule has 9 nitrogen and oxygen atoms in total. The standard InChI is InChI=1S/C25H37N7O2/c1-3-4-6-21-8-9-23(28-19-21)31-15-17-32(18-16-31)29(2)34-25(24(26)33)10-13-30(14-11-25)22-7-5-12-27-20-22/h5,7-9,12,19-20H,3-4,6,10-11,13-18H2,1-2H3,(H2,26,33). The number of carbonyl (C=O) groups excluding carboxylic acids is 1. The predicted octanol–water partition coefficient (Wildman–Crippen LogP) is 2.24. The molecule has 0 spiro atoms. The van der Waals surface area contributed by atoms with Gasteiger partial charge >= 0.3 is 0 Å². The molecule has 0 aliphatic carbocycles. The van der Waals surface area contributed by atoms with Gasteiger partial charge in [0.05, 0.1) is 11.9 Å². The number of nitrogens with two attached hydrogens (primary N) is 1. The van der Waals surface area contributed by atoms with E-state index in [0.29, 0.717) is 25.9 Å². The number of anilines is 2. The Morgan fingerprint density at radius 3 is 2.44 bits per heavy atom. The Labute approximate surface area is 202 Å². The number of aromatic nitrogens is 2. The van der Waals surface area contributed by atoms with Crippen molar-refractivity contribution in [2.24, 2.45) is 5.73 Å². The van der Waals surface area contributed by atoms with Crippen LogP contribution in [0.2, 0.25) is 0 Å². The molecule has 4 rings (SSSR count). The van der Waals surface area contributed by atoms with Gasteiger partial charge in [-0.3, -0.25) is 14.6 Å². The summed E-state index contributed by atoms with van der Waals surface area (Å²) in [4.78, 5) is 32.1. The molecule has 184 valence electrons. The maximum absolute atomic E-state index is 12.5. The van der Waals surface area contributed by atoms with Crippen LogP contribution < -0.4 is 15.5 Å². The van der Waals surface area contributed by atoms with Crippen molar-refractivity contribution in [3.63, 3.8) is 0 Å². The van der Waals surface area contributed by atoms with Gasteiger partial charge < -0.3 is 15.5 Å². The number of rotatable bonds is 9. The molecule has 0 bridgehead atoms. The fourth-order valence-electron chi connectivity index (χ4n) is 4.70.